The first-order valence-corrected chi connectivity index (χ1v) is 7.15. The third-order valence-corrected chi connectivity index (χ3v) is 4.17. The molecule has 0 spiro atoms. The Kier molecular flexibility index (Phi) is 3.27. The number of benzene rings is 1. The summed E-state index contributed by atoms with van der Waals surface area (Å²) in [4.78, 5) is 24.5. The van der Waals surface area contributed by atoms with Crippen LogP contribution in [-0.2, 0) is 18.9 Å². The van der Waals surface area contributed by atoms with Gasteiger partial charge in [0, 0.05) is 19.2 Å². The van der Waals surface area contributed by atoms with Gasteiger partial charge in [0.15, 0.2) is 0 Å². The van der Waals surface area contributed by atoms with Crippen LogP contribution in [0.5, 0.6) is 0 Å². The first-order chi connectivity index (χ1) is 10.4. The average Bonchev–Trinajstić information content (AvgIpc) is 2.49. The number of aryl methyl sites for hydroxylation is 1. The van der Waals surface area contributed by atoms with Crippen LogP contribution in [0.2, 0.25) is 0 Å². The number of nitrogens with zero attached hydrogens (tertiary/aromatic N) is 1. The minimum atomic E-state index is -3.05. The Balaban J connectivity index is 2.06. The van der Waals surface area contributed by atoms with Crippen molar-refractivity contribution in [1.29, 1.82) is 0 Å². The summed E-state index contributed by atoms with van der Waals surface area (Å²) in [5, 5.41) is 2.63. The van der Waals surface area contributed by atoms with Gasteiger partial charge in [0.1, 0.15) is 11.4 Å². The number of halogens is 2. The molecule has 0 fully saturated rings. The van der Waals surface area contributed by atoms with Gasteiger partial charge in [-0.3, -0.25) is 9.59 Å². The Morgan fingerprint density at radius 2 is 2.00 bits per heavy atom. The third kappa shape index (κ3) is 2.01. The molecule has 6 heteroatoms. The molecule has 0 bridgehead atoms. The van der Waals surface area contributed by atoms with Gasteiger partial charge in [0.05, 0.1) is 6.54 Å². The lowest BCUT2D eigenvalue weighted by molar-refractivity contribution is -0.00251. The highest BCUT2D eigenvalue weighted by molar-refractivity contribution is 5.75. The standard InChI is InChI=1S/C16H16F2N2O2/c1-3-9-4-5-11-10(6-9)7-20(8-16(11,17)18)13-12(19-2)14(21)15(13)22/h4-6,19H,3,7-8H2,1-2H3. The van der Waals surface area contributed by atoms with Gasteiger partial charge in [-0.15, -0.1) is 0 Å². The van der Waals surface area contributed by atoms with Crippen molar-refractivity contribution in [1.82, 2.24) is 0 Å². The first kappa shape index (κ1) is 14.7. The molecule has 2 aromatic carbocycles. The Hall–Kier alpha value is -2.24. The van der Waals surface area contributed by atoms with Gasteiger partial charge >= 0.3 is 0 Å². The quantitative estimate of drug-likeness (QED) is 0.881. The minimum Gasteiger partial charge on any atom is -0.383 e. The normalized spacial score (nSPS) is 16.6. The topological polar surface area (TPSA) is 49.4 Å². The lowest BCUT2D eigenvalue weighted by Crippen LogP contribution is -2.48. The maximum absolute atomic E-state index is 14.4. The second kappa shape index (κ2) is 4.90. The molecular formula is C16H16F2N2O2. The zero-order chi connectivity index (χ0) is 16.1. The zero-order valence-electron chi connectivity index (χ0n) is 12.4. The van der Waals surface area contributed by atoms with Crippen LogP contribution < -0.4 is 21.1 Å². The number of alkyl halides is 2. The molecule has 1 aliphatic heterocycles. The van der Waals surface area contributed by atoms with Gasteiger partial charge < -0.3 is 10.2 Å². The number of anilines is 2. The van der Waals surface area contributed by atoms with E-state index in [1.165, 1.54) is 18.0 Å². The van der Waals surface area contributed by atoms with E-state index < -0.39 is 23.3 Å². The summed E-state index contributed by atoms with van der Waals surface area (Å²) in [6.07, 6.45) is 0.751. The lowest BCUT2D eigenvalue weighted by Gasteiger charge is -2.37. The van der Waals surface area contributed by atoms with E-state index in [2.05, 4.69) is 5.32 Å². The maximum Gasteiger partial charge on any atom is 0.290 e. The number of nitrogens with one attached hydrogen (secondary N) is 1. The van der Waals surface area contributed by atoms with E-state index in [1.807, 2.05) is 6.92 Å². The van der Waals surface area contributed by atoms with Crippen LogP contribution >= 0.6 is 0 Å². The Morgan fingerprint density at radius 3 is 2.64 bits per heavy atom. The van der Waals surface area contributed by atoms with E-state index in [4.69, 9.17) is 0 Å². The second-order valence-electron chi connectivity index (χ2n) is 5.54. The molecule has 0 unspecified atom stereocenters. The molecule has 1 aliphatic rings. The van der Waals surface area contributed by atoms with Gasteiger partial charge in [0.2, 0.25) is 0 Å². The summed E-state index contributed by atoms with van der Waals surface area (Å²) < 4.78 is 28.8. The largest absolute Gasteiger partial charge is 0.383 e. The van der Waals surface area contributed by atoms with Crippen molar-refractivity contribution in [2.24, 2.45) is 0 Å². The fourth-order valence-corrected chi connectivity index (χ4v) is 3.01. The van der Waals surface area contributed by atoms with E-state index in [-0.39, 0.29) is 23.5 Å². The molecule has 4 nitrogen and oxygen atoms in total. The van der Waals surface area contributed by atoms with Crippen molar-refractivity contribution < 1.29 is 8.78 Å². The number of rotatable bonds is 3. The summed E-state index contributed by atoms with van der Waals surface area (Å²) >= 11 is 0. The lowest BCUT2D eigenvalue weighted by atomic mass is 9.93. The van der Waals surface area contributed by atoms with Crippen LogP contribution in [0, 0.1) is 0 Å². The molecule has 3 rings (SSSR count). The molecule has 22 heavy (non-hydrogen) atoms. The Bertz CT molecular complexity index is 807. The molecule has 0 saturated heterocycles. The summed E-state index contributed by atoms with van der Waals surface area (Å²) in [5.74, 6) is -3.05. The highest BCUT2D eigenvalue weighted by Gasteiger charge is 2.42. The molecular weight excluding hydrogens is 290 g/mol. The van der Waals surface area contributed by atoms with Crippen molar-refractivity contribution in [2.75, 3.05) is 23.8 Å². The van der Waals surface area contributed by atoms with Crippen molar-refractivity contribution in [3.05, 3.63) is 55.3 Å². The fourth-order valence-electron chi connectivity index (χ4n) is 3.01. The minimum absolute atomic E-state index is 0.00524. The van der Waals surface area contributed by atoms with Crippen molar-refractivity contribution >= 4 is 11.4 Å². The molecule has 1 heterocycles. The van der Waals surface area contributed by atoms with Crippen LogP contribution in [0.3, 0.4) is 0 Å². The number of fused-ring (bicyclic) bond motifs is 1. The van der Waals surface area contributed by atoms with Crippen LogP contribution in [0.1, 0.15) is 23.6 Å². The van der Waals surface area contributed by atoms with Crippen LogP contribution in [-0.4, -0.2) is 13.6 Å². The predicted octanol–water partition coefficient (Wildman–Crippen LogP) is 2.00. The molecule has 2 aromatic rings. The van der Waals surface area contributed by atoms with E-state index in [0.29, 0.717) is 5.56 Å². The van der Waals surface area contributed by atoms with E-state index >= 15 is 0 Å². The van der Waals surface area contributed by atoms with E-state index in [9.17, 15) is 18.4 Å². The Labute approximate surface area is 126 Å². The van der Waals surface area contributed by atoms with E-state index in [0.717, 1.165) is 12.0 Å². The van der Waals surface area contributed by atoms with Crippen LogP contribution in [0.4, 0.5) is 20.2 Å². The molecule has 0 atom stereocenters. The van der Waals surface area contributed by atoms with Gasteiger partial charge in [0.25, 0.3) is 16.8 Å². The molecule has 1 N–H and O–H groups in total. The third-order valence-electron chi connectivity index (χ3n) is 4.17. The Morgan fingerprint density at radius 1 is 1.27 bits per heavy atom. The summed E-state index contributed by atoms with van der Waals surface area (Å²) in [7, 11) is 1.50. The predicted molar refractivity (Wildman–Crippen MR) is 81.7 cm³/mol. The van der Waals surface area contributed by atoms with Gasteiger partial charge in [-0.05, 0) is 17.5 Å². The summed E-state index contributed by atoms with van der Waals surface area (Å²) in [6.45, 7) is 1.57. The van der Waals surface area contributed by atoms with Crippen LogP contribution in [0.15, 0.2) is 27.8 Å². The average molecular weight is 306 g/mol. The molecule has 0 amide bonds. The summed E-state index contributed by atoms with van der Waals surface area (Å²) in [6, 6.07) is 4.92. The molecule has 0 saturated carbocycles. The highest BCUT2D eigenvalue weighted by Crippen LogP contribution is 2.39. The molecule has 0 radical (unpaired) electrons. The molecule has 0 aromatic heterocycles. The zero-order valence-corrected chi connectivity index (χ0v) is 12.4. The maximum atomic E-state index is 14.4. The van der Waals surface area contributed by atoms with Gasteiger partial charge in [-0.1, -0.05) is 25.1 Å². The van der Waals surface area contributed by atoms with Crippen molar-refractivity contribution in [3.8, 4) is 0 Å². The number of hydrogen-bond acceptors (Lipinski definition) is 4. The number of hydrogen-bond donors (Lipinski definition) is 1. The van der Waals surface area contributed by atoms with Crippen molar-refractivity contribution in [3.63, 3.8) is 0 Å². The summed E-state index contributed by atoms with van der Waals surface area (Å²) in [5.41, 5.74) is 0.325. The van der Waals surface area contributed by atoms with Gasteiger partial charge in [-0.2, -0.15) is 8.78 Å². The smallest absolute Gasteiger partial charge is 0.290 e. The van der Waals surface area contributed by atoms with Gasteiger partial charge in [-0.25, -0.2) is 0 Å². The molecule has 0 aliphatic carbocycles. The van der Waals surface area contributed by atoms with Crippen molar-refractivity contribution in [2.45, 2.75) is 25.8 Å². The SMILES string of the molecule is CCc1ccc2c(c1)CN(c1c(NC)c(=O)c1=O)CC2(F)F. The highest BCUT2D eigenvalue weighted by atomic mass is 19.3. The van der Waals surface area contributed by atoms with E-state index in [1.54, 1.807) is 12.1 Å². The molecule has 116 valence electrons. The monoisotopic (exact) mass is 306 g/mol. The fraction of sp³-hybridized carbons (Fsp3) is 0.375. The van der Waals surface area contributed by atoms with Crippen LogP contribution in [0.25, 0.3) is 0 Å². The first-order valence-electron chi connectivity index (χ1n) is 7.15. The second-order valence-corrected chi connectivity index (χ2v) is 5.54.